The van der Waals surface area contributed by atoms with Gasteiger partial charge in [-0.25, -0.2) is 4.98 Å². The van der Waals surface area contributed by atoms with Gasteiger partial charge in [-0.15, -0.1) is 22.7 Å². The fourth-order valence-corrected chi connectivity index (χ4v) is 3.94. The van der Waals surface area contributed by atoms with Crippen LogP contribution in [0.1, 0.15) is 0 Å². The van der Waals surface area contributed by atoms with E-state index in [0.717, 1.165) is 26.2 Å². The molecule has 0 unspecified atom stereocenters. The first-order valence-corrected chi connectivity index (χ1v) is 8.13. The molecule has 3 rings (SSSR count). The quantitative estimate of drug-likeness (QED) is 0.516. The normalized spacial score (nSPS) is 10.9. The van der Waals surface area contributed by atoms with Gasteiger partial charge in [-0.3, -0.25) is 0 Å². The van der Waals surface area contributed by atoms with Crippen molar-refractivity contribution in [3.63, 3.8) is 0 Å². The first-order chi connectivity index (χ1) is 9.13. The zero-order valence-electron chi connectivity index (χ0n) is 9.36. The van der Waals surface area contributed by atoms with Crippen molar-refractivity contribution >= 4 is 57.5 Å². The Kier molecular flexibility index (Phi) is 3.83. The highest BCUT2D eigenvalue weighted by atomic mass is 35.5. The maximum atomic E-state index is 5.97. The van der Waals surface area contributed by atoms with Gasteiger partial charge in [-0.2, -0.15) is 0 Å². The molecule has 0 spiro atoms. The van der Waals surface area contributed by atoms with Crippen molar-refractivity contribution in [1.29, 1.82) is 0 Å². The molecule has 0 saturated carbocycles. The Hall–Kier alpha value is -0.580. The molecule has 19 heavy (non-hydrogen) atoms. The Morgan fingerprint density at radius 2 is 1.74 bits per heavy atom. The second-order valence-electron chi connectivity index (χ2n) is 3.78. The van der Waals surface area contributed by atoms with E-state index in [1.54, 1.807) is 11.3 Å². The van der Waals surface area contributed by atoms with Crippen LogP contribution in [0.25, 0.3) is 21.1 Å². The lowest BCUT2D eigenvalue weighted by atomic mass is 10.2. The molecule has 6 heteroatoms. The number of rotatable bonds is 2. The molecule has 0 bridgehead atoms. The average molecular weight is 347 g/mol. The molecule has 0 aliphatic rings. The van der Waals surface area contributed by atoms with Crippen molar-refractivity contribution < 1.29 is 0 Å². The number of hydrogen-bond donors (Lipinski definition) is 0. The van der Waals surface area contributed by atoms with E-state index in [9.17, 15) is 0 Å². The Morgan fingerprint density at radius 3 is 2.37 bits per heavy atom. The number of nitrogens with zero attached hydrogens (tertiary/aromatic N) is 1. The predicted octanol–water partition coefficient (Wildman–Crippen LogP) is 6.50. The third-order valence-corrected chi connectivity index (χ3v) is 5.52. The number of benzene rings is 1. The molecule has 2 heterocycles. The van der Waals surface area contributed by atoms with Gasteiger partial charge in [0, 0.05) is 16.0 Å². The Morgan fingerprint density at radius 1 is 1.00 bits per heavy atom. The molecule has 96 valence electrons. The predicted molar refractivity (Wildman–Crippen MR) is 85.9 cm³/mol. The van der Waals surface area contributed by atoms with Gasteiger partial charge >= 0.3 is 0 Å². The fourth-order valence-electron chi connectivity index (χ4n) is 1.58. The van der Waals surface area contributed by atoms with E-state index >= 15 is 0 Å². The van der Waals surface area contributed by atoms with E-state index in [0.29, 0.717) is 9.36 Å². The van der Waals surface area contributed by atoms with E-state index in [-0.39, 0.29) is 0 Å². The van der Waals surface area contributed by atoms with E-state index in [4.69, 9.17) is 34.8 Å². The van der Waals surface area contributed by atoms with Crippen LogP contribution in [0.4, 0.5) is 0 Å². The number of thiophene rings is 1. The Labute approximate surface area is 133 Å². The summed E-state index contributed by atoms with van der Waals surface area (Å²) in [5.41, 5.74) is 1.95. The summed E-state index contributed by atoms with van der Waals surface area (Å²) in [7, 11) is 0. The van der Waals surface area contributed by atoms with Crippen molar-refractivity contribution in [3.8, 4) is 21.1 Å². The summed E-state index contributed by atoms with van der Waals surface area (Å²) in [6.45, 7) is 0. The number of thiazole rings is 1. The second-order valence-corrected chi connectivity index (χ2v) is 7.13. The molecule has 0 saturated heterocycles. The molecule has 1 nitrogen and oxygen atoms in total. The standard InChI is InChI=1S/C13H6Cl3NS2/c14-8-3-1-7(2-4-8)13-17-10(6-18-13)11-5-9(15)12(16)19-11/h1-6H. The summed E-state index contributed by atoms with van der Waals surface area (Å²) < 4.78 is 0.595. The van der Waals surface area contributed by atoms with Gasteiger partial charge < -0.3 is 0 Å². The number of halogens is 3. The van der Waals surface area contributed by atoms with Crippen molar-refractivity contribution in [1.82, 2.24) is 4.98 Å². The number of hydrogen-bond acceptors (Lipinski definition) is 3. The molecule has 0 N–H and O–H groups in total. The monoisotopic (exact) mass is 345 g/mol. The smallest absolute Gasteiger partial charge is 0.124 e. The molecule has 1 aromatic carbocycles. The summed E-state index contributed by atoms with van der Waals surface area (Å²) in [4.78, 5) is 5.58. The Bertz CT molecular complexity index is 696. The highest BCUT2D eigenvalue weighted by Crippen LogP contribution is 2.39. The van der Waals surface area contributed by atoms with Crippen LogP contribution in [-0.2, 0) is 0 Å². The van der Waals surface area contributed by atoms with E-state index in [1.165, 1.54) is 11.3 Å². The molecule has 0 fully saturated rings. The molecule has 0 aliphatic heterocycles. The van der Waals surface area contributed by atoms with Crippen molar-refractivity contribution in [2.24, 2.45) is 0 Å². The molecular formula is C13H6Cl3NS2. The minimum Gasteiger partial charge on any atom is -0.235 e. The molecule has 2 aromatic heterocycles. The second kappa shape index (κ2) is 5.43. The largest absolute Gasteiger partial charge is 0.235 e. The lowest BCUT2D eigenvalue weighted by Gasteiger charge is -1.95. The topological polar surface area (TPSA) is 12.9 Å². The first-order valence-electron chi connectivity index (χ1n) is 5.30. The van der Waals surface area contributed by atoms with Gasteiger partial charge in [-0.05, 0) is 18.2 Å². The van der Waals surface area contributed by atoms with Gasteiger partial charge in [0.05, 0.1) is 15.6 Å². The van der Waals surface area contributed by atoms with E-state index in [2.05, 4.69) is 4.98 Å². The highest BCUT2D eigenvalue weighted by molar-refractivity contribution is 7.20. The van der Waals surface area contributed by atoms with Crippen LogP contribution in [0.15, 0.2) is 35.7 Å². The van der Waals surface area contributed by atoms with Crippen LogP contribution in [-0.4, -0.2) is 4.98 Å². The minimum atomic E-state index is 0.572. The summed E-state index contributed by atoms with van der Waals surface area (Å²) in [5, 5.41) is 4.25. The molecular weight excluding hydrogens is 341 g/mol. The average Bonchev–Trinajstić information content (AvgIpc) is 2.99. The van der Waals surface area contributed by atoms with Crippen LogP contribution in [0, 0.1) is 0 Å². The zero-order chi connectivity index (χ0) is 13.4. The van der Waals surface area contributed by atoms with E-state index in [1.807, 2.05) is 35.7 Å². The zero-order valence-corrected chi connectivity index (χ0v) is 13.3. The summed E-state index contributed by atoms with van der Waals surface area (Å²) in [6.07, 6.45) is 0. The summed E-state index contributed by atoms with van der Waals surface area (Å²) in [5.74, 6) is 0. The van der Waals surface area contributed by atoms with Gasteiger partial charge in [0.1, 0.15) is 9.34 Å². The lowest BCUT2D eigenvalue weighted by molar-refractivity contribution is 1.42. The maximum absolute atomic E-state index is 5.97. The highest BCUT2D eigenvalue weighted by Gasteiger charge is 2.11. The fraction of sp³-hybridized carbons (Fsp3) is 0. The third-order valence-electron chi connectivity index (χ3n) is 2.49. The van der Waals surface area contributed by atoms with Crippen molar-refractivity contribution in [2.75, 3.05) is 0 Å². The molecule has 3 aromatic rings. The van der Waals surface area contributed by atoms with Crippen LogP contribution >= 0.6 is 57.5 Å². The molecule has 0 amide bonds. The van der Waals surface area contributed by atoms with Gasteiger partial charge in [0.2, 0.25) is 0 Å². The first kappa shape index (κ1) is 13.4. The van der Waals surface area contributed by atoms with Gasteiger partial charge in [0.15, 0.2) is 0 Å². The molecule has 0 atom stereocenters. The maximum Gasteiger partial charge on any atom is 0.124 e. The van der Waals surface area contributed by atoms with Gasteiger partial charge in [-0.1, -0.05) is 46.9 Å². The third kappa shape index (κ3) is 2.81. The Balaban J connectivity index is 1.97. The summed E-state index contributed by atoms with van der Waals surface area (Å²) in [6, 6.07) is 9.47. The van der Waals surface area contributed by atoms with Crippen LogP contribution in [0.3, 0.4) is 0 Å². The van der Waals surface area contributed by atoms with Gasteiger partial charge in [0.25, 0.3) is 0 Å². The number of aromatic nitrogens is 1. The summed E-state index contributed by atoms with van der Waals surface area (Å²) >= 11 is 20.8. The van der Waals surface area contributed by atoms with Crippen LogP contribution in [0.5, 0.6) is 0 Å². The van der Waals surface area contributed by atoms with E-state index < -0.39 is 0 Å². The minimum absolute atomic E-state index is 0.572. The van der Waals surface area contributed by atoms with Crippen LogP contribution < -0.4 is 0 Å². The molecule has 0 radical (unpaired) electrons. The van der Waals surface area contributed by atoms with Crippen molar-refractivity contribution in [3.05, 3.63) is 50.1 Å². The lowest BCUT2D eigenvalue weighted by Crippen LogP contribution is -1.76. The van der Waals surface area contributed by atoms with Crippen molar-refractivity contribution in [2.45, 2.75) is 0 Å². The molecule has 0 aliphatic carbocycles. The van der Waals surface area contributed by atoms with Crippen LogP contribution in [0.2, 0.25) is 14.4 Å². The SMILES string of the molecule is Clc1ccc(-c2nc(-c3cc(Cl)c(Cl)s3)cs2)cc1.